The summed E-state index contributed by atoms with van der Waals surface area (Å²) in [6, 6.07) is 9.22. The molecule has 1 aliphatic heterocycles. The van der Waals surface area contributed by atoms with Crippen molar-refractivity contribution in [1.29, 1.82) is 0 Å². The van der Waals surface area contributed by atoms with Crippen LogP contribution in [0.5, 0.6) is 0 Å². The molecule has 32 heavy (non-hydrogen) atoms. The number of amides is 1. The molecule has 0 aliphatic carbocycles. The number of carbonyl (C=O) groups excluding carboxylic acids is 1. The third kappa shape index (κ3) is 2.85. The van der Waals surface area contributed by atoms with Gasteiger partial charge in [-0.2, -0.15) is 18.3 Å². The summed E-state index contributed by atoms with van der Waals surface area (Å²) in [4.78, 5) is 14.5. The second-order valence-corrected chi connectivity index (χ2v) is 7.33. The van der Waals surface area contributed by atoms with Crippen molar-refractivity contribution in [1.82, 2.24) is 20.1 Å². The van der Waals surface area contributed by atoms with Crippen molar-refractivity contribution in [3.8, 4) is 5.69 Å². The van der Waals surface area contributed by atoms with Crippen molar-refractivity contribution in [2.45, 2.75) is 11.8 Å². The van der Waals surface area contributed by atoms with Crippen LogP contribution in [0.3, 0.4) is 0 Å². The smallest absolute Gasteiger partial charge is 0.372 e. The molecule has 4 aromatic rings. The number of benzene rings is 2. The molecule has 0 saturated carbocycles. The van der Waals surface area contributed by atoms with Crippen molar-refractivity contribution >= 4 is 22.5 Å². The molecule has 5 rings (SSSR count). The largest absolute Gasteiger partial charge is 0.425 e. The molecule has 0 bridgehead atoms. The van der Waals surface area contributed by atoms with Gasteiger partial charge in [0.25, 0.3) is 5.91 Å². The van der Waals surface area contributed by atoms with Crippen molar-refractivity contribution < 1.29 is 27.5 Å². The molecule has 11 heteroatoms. The number of fused-ring (bicyclic) bond motifs is 2. The minimum atomic E-state index is -5.10. The second kappa shape index (κ2) is 6.82. The summed E-state index contributed by atoms with van der Waals surface area (Å²) < 4.78 is 57.5. The molecule has 4 N–H and O–H groups in total. The molecule has 1 aliphatic rings. The van der Waals surface area contributed by atoms with E-state index in [1.165, 1.54) is 47.3 Å². The Labute approximate surface area is 177 Å². The van der Waals surface area contributed by atoms with Crippen LogP contribution in [-0.2, 0) is 5.60 Å². The summed E-state index contributed by atoms with van der Waals surface area (Å²) in [5.74, 6) is -1.01. The Hall–Kier alpha value is -3.86. The summed E-state index contributed by atoms with van der Waals surface area (Å²) in [5.41, 5.74) is -3.57. The highest BCUT2D eigenvalue weighted by molar-refractivity contribution is 6.00. The van der Waals surface area contributed by atoms with Crippen LogP contribution in [0.2, 0.25) is 0 Å². The molecule has 164 valence electrons. The minimum absolute atomic E-state index is 0.0753. The van der Waals surface area contributed by atoms with Gasteiger partial charge in [-0.15, -0.1) is 0 Å². The van der Waals surface area contributed by atoms with Crippen LogP contribution in [0, 0.1) is 5.82 Å². The number of halogens is 4. The van der Waals surface area contributed by atoms with Crippen LogP contribution in [-0.4, -0.2) is 38.6 Å². The maximum absolute atomic E-state index is 14.3. The Kier molecular flexibility index (Phi) is 4.28. The van der Waals surface area contributed by atoms with Gasteiger partial charge in [-0.3, -0.25) is 4.79 Å². The van der Waals surface area contributed by atoms with Crippen molar-refractivity contribution in [2.24, 2.45) is 0 Å². The van der Waals surface area contributed by atoms with Crippen LogP contribution in [0.4, 0.5) is 23.2 Å². The third-order valence-corrected chi connectivity index (χ3v) is 5.48. The van der Waals surface area contributed by atoms with Gasteiger partial charge in [-0.1, -0.05) is 6.07 Å². The molecular weight excluding hydrogens is 430 g/mol. The molecule has 1 atom stereocenters. The van der Waals surface area contributed by atoms with E-state index in [9.17, 15) is 27.5 Å². The predicted octanol–water partition coefficient (Wildman–Crippen LogP) is 3.40. The van der Waals surface area contributed by atoms with Gasteiger partial charge in [0.05, 0.1) is 29.8 Å². The lowest BCUT2D eigenvalue weighted by Crippen LogP contribution is -2.44. The lowest BCUT2D eigenvalue weighted by molar-refractivity contribution is -0.248. The first kappa shape index (κ1) is 20.1. The van der Waals surface area contributed by atoms with Crippen LogP contribution in [0.15, 0.2) is 54.9 Å². The highest BCUT2D eigenvalue weighted by atomic mass is 19.4. The maximum atomic E-state index is 14.3. The molecule has 2 aromatic carbocycles. The Balaban J connectivity index is 1.66. The molecule has 0 radical (unpaired) electrons. The number of anilines is 1. The van der Waals surface area contributed by atoms with Crippen LogP contribution in [0.25, 0.3) is 16.6 Å². The Morgan fingerprint density at radius 3 is 2.53 bits per heavy atom. The van der Waals surface area contributed by atoms with Crippen LogP contribution >= 0.6 is 0 Å². The van der Waals surface area contributed by atoms with Crippen molar-refractivity contribution in [3.05, 3.63) is 77.5 Å². The SMILES string of the molecule is O=C1NCNc2c(C(O)(c3ccc4c(cnn4-c4ccc(F)cc4)c3)C(F)(F)F)c[nH]c21. The molecule has 1 unspecified atom stereocenters. The van der Waals surface area contributed by atoms with E-state index < -0.39 is 34.6 Å². The molecule has 3 heterocycles. The number of aromatic nitrogens is 3. The van der Waals surface area contributed by atoms with Gasteiger partial charge in [-0.25, -0.2) is 9.07 Å². The normalized spacial score (nSPS) is 15.7. The van der Waals surface area contributed by atoms with Gasteiger partial charge in [0.2, 0.25) is 5.60 Å². The van der Waals surface area contributed by atoms with Gasteiger partial charge in [0, 0.05) is 17.1 Å². The van der Waals surface area contributed by atoms with E-state index in [0.29, 0.717) is 16.6 Å². The number of aliphatic hydroxyl groups is 1. The lowest BCUT2D eigenvalue weighted by atomic mass is 9.85. The summed E-state index contributed by atoms with van der Waals surface area (Å²) in [6.07, 6.45) is -2.77. The van der Waals surface area contributed by atoms with Gasteiger partial charge < -0.3 is 20.7 Å². The quantitative estimate of drug-likeness (QED) is 0.364. The Morgan fingerprint density at radius 1 is 1.06 bits per heavy atom. The minimum Gasteiger partial charge on any atom is -0.372 e. The summed E-state index contributed by atoms with van der Waals surface area (Å²) >= 11 is 0. The number of alkyl halides is 3. The van der Waals surface area contributed by atoms with Gasteiger partial charge in [-0.05, 0) is 42.0 Å². The number of carbonyl (C=O) groups is 1. The summed E-state index contributed by atoms with van der Waals surface area (Å²) in [7, 11) is 0. The highest BCUT2D eigenvalue weighted by Gasteiger charge is 2.58. The number of nitrogens with one attached hydrogen (secondary N) is 3. The first-order valence-electron chi connectivity index (χ1n) is 9.47. The average Bonchev–Trinajstić information content (AvgIpc) is 3.38. The zero-order valence-corrected chi connectivity index (χ0v) is 16.2. The number of H-pyrrole nitrogens is 1. The molecule has 0 spiro atoms. The van der Waals surface area contributed by atoms with Crippen LogP contribution in [0.1, 0.15) is 21.6 Å². The molecule has 7 nitrogen and oxygen atoms in total. The summed E-state index contributed by atoms with van der Waals surface area (Å²) in [6.45, 7) is -0.0753. The monoisotopic (exact) mass is 445 g/mol. The number of hydrogen-bond donors (Lipinski definition) is 4. The standard InChI is InChI=1S/C21H15F4N5O2/c22-13-2-4-14(5-3-13)30-16-6-1-12(7-11(16)8-29-30)20(32,21(23,24)25)15-9-26-18-17(15)27-10-28-19(18)31/h1-9,26-27,32H,10H2,(H,28,31). The highest BCUT2D eigenvalue weighted by Crippen LogP contribution is 2.48. The van der Waals surface area contributed by atoms with E-state index in [1.807, 2.05) is 0 Å². The molecule has 0 saturated heterocycles. The van der Waals surface area contributed by atoms with E-state index in [4.69, 9.17) is 0 Å². The Morgan fingerprint density at radius 2 is 1.81 bits per heavy atom. The number of nitrogens with zero attached hydrogens (tertiary/aromatic N) is 2. The second-order valence-electron chi connectivity index (χ2n) is 7.33. The van der Waals surface area contributed by atoms with Gasteiger partial charge in [0.15, 0.2) is 0 Å². The predicted molar refractivity (Wildman–Crippen MR) is 107 cm³/mol. The molecule has 2 aromatic heterocycles. The van der Waals surface area contributed by atoms with E-state index >= 15 is 0 Å². The fourth-order valence-corrected chi connectivity index (χ4v) is 3.89. The van der Waals surface area contributed by atoms with Gasteiger partial charge >= 0.3 is 6.18 Å². The lowest BCUT2D eigenvalue weighted by Gasteiger charge is -2.32. The Bertz CT molecular complexity index is 1340. The van der Waals surface area contributed by atoms with E-state index in [-0.39, 0.29) is 18.1 Å². The molecule has 0 fully saturated rings. The fourth-order valence-electron chi connectivity index (χ4n) is 3.89. The van der Waals surface area contributed by atoms with E-state index in [0.717, 1.165) is 12.3 Å². The fraction of sp³-hybridized carbons (Fsp3) is 0.143. The van der Waals surface area contributed by atoms with Crippen LogP contribution < -0.4 is 10.6 Å². The third-order valence-electron chi connectivity index (χ3n) is 5.48. The van der Waals surface area contributed by atoms with E-state index in [2.05, 4.69) is 20.7 Å². The molecular formula is C21H15F4N5O2. The zero-order valence-electron chi connectivity index (χ0n) is 16.2. The zero-order chi connectivity index (χ0) is 22.7. The van der Waals surface area contributed by atoms with E-state index in [1.54, 1.807) is 0 Å². The molecule has 1 amide bonds. The topological polar surface area (TPSA) is 95.0 Å². The number of aromatic amines is 1. The van der Waals surface area contributed by atoms with Crippen molar-refractivity contribution in [3.63, 3.8) is 0 Å². The summed E-state index contributed by atoms with van der Waals surface area (Å²) in [5, 5.41) is 20.7. The number of rotatable bonds is 3. The average molecular weight is 445 g/mol. The first-order chi connectivity index (χ1) is 15.2. The first-order valence-corrected chi connectivity index (χ1v) is 9.47. The van der Waals surface area contributed by atoms with Crippen molar-refractivity contribution in [2.75, 3.05) is 12.0 Å². The number of hydrogen-bond acceptors (Lipinski definition) is 4. The van der Waals surface area contributed by atoms with Gasteiger partial charge in [0.1, 0.15) is 11.5 Å². The maximum Gasteiger partial charge on any atom is 0.425 e.